The lowest BCUT2D eigenvalue weighted by Gasteiger charge is -2.12. The van der Waals surface area contributed by atoms with Gasteiger partial charge in [0.1, 0.15) is 11.5 Å². The first-order valence-corrected chi connectivity index (χ1v) is 8.07. The van der Waals surface area contributed by atoms with Crippen LogP contribution in [0.3, 0.4) is 0 Å². The Balaban J connectivity index is 1.81. The molecule has 0 atom stereocenters. The number of hydrazone groups is 1. The number of hydrogen-bond acceptors (Lipinski definition) is 4. The molecule has 0 unspecified atom stereocenters. The van der Waals surface area contributed by atoms with Crippen molar-refractivity contribution in [2.24, 2.45) is 10.8 Å². The Bertz CT molecular complexity index is 744. The first-order chi connectivity index (χ1) is 12.1. The van der Waals surface area contributed by atoms with Gasteiger partial charge in [-0.3, -0.25) is 0 Å². The highest BCUT2D eigenvalue weighted by Gasteiger charge is 2.03. The summed E-state index contributed by atoms with van der Waals surface area (Å²) in [7, 11) is 0. The zero-order chi connectivity index (χ0) is 18.1. The maximum absolute atomic E-state index is 10.6. The summed E-state index contributed by atoms with van der Waals surface area (Å²) < 4.78 is 11.6. The van der Waals surface area contributed by atoms with Crippen LogP contribution in [-0.2, 0) is 0 Å². The maximum atomic E-state index is 10.6. The molecule has 2 rings (SSSR count). The van der Waals surface area contributed by atoms with Gasteiger partial charge < -0.3 is 15.2 Å². The molecule has 132 valence electrons. The van der Waals surface area contributed by atoms with Crippen LogP contribution in [0.4, 0.5) is 4.79 Å². The molecule has 25 heavy (non-hydrogen) atoms. The lowest BCUT2D eigenvalue weighted by molar-refractivity contribution is 0.246. The first kappa shape index (κ1) is 18.3. The molecule has 0 radical (unpaired) electrons. The minimum absolute atomic E-state index is 0.513. The zero-order valence-electron chi connectivity index (χ0n) is 14.5. The lowest BCUT2D eigenvalue weighted by atomic mass is 10.1. The van der Waals surface area contributed by atoms with Gasteiger partial charge in [0.2, 0.25) is 0 Å². The molecule has 2 aromatic carbocycles. The molecule has 0 saturated carbocycles. The second-order valence-electron chi connectivity index (χ2n) is 5.52. The molecule has 6 heteroatoms. The van der Waals surface area contributed by atoms with Gasteiger partial charge in [-0.05, 0) is 43.2 Å². The topological polar surface area (TPSA) is 85.9 Å². The van der Waals surface area contributed by atoms with Crippen LogP contribution >= 0.6 is 0 Å². The highest BCUT2D eigenvalue weighted by molar-refractivity contribution is 5.84. The van der Waals surface area contributed by atoms with Crippen molar-refractivity contribution < 1.29 is 14.3 Å². The summed E-state index contributed by atoms with van der Waals surface area (Å²) >= 11 is 0. The van der Waals surface area contributed by atoms with E-state index in [9.17, 15) is 4.79 Å². The molecule has 2 amide bonds. The minimum atomic E-state index is -0.710. The fourth-order valence-electron chi connectivity index (χ4n) is 2.19. The number of carbonyl (C=O) groups is 1. The van der Waals surface area contributed by atoms with E-state index in [1.807, 2.05) is 36.4 Å². The Morgan fingerprint density at radius 2 is 1.76 bits per heavy atom. The molecule has 0 aliphatic carbocycles. The van der Waals surface area contributed by atoms with Gasteiger partial charge in [-0.15, -0.1) is 0 Å². The number of rotatable bonds is 8. The number of ether oxygens (including phenoxy) is 2. The Labute approximate surface area is 147 Å². The summed E-state index contributed by atoms with van der Waals surface area (Å²) in [4.78, 5) is 10.6. The fourth-order valence-corrected chi connectivity index (χ4v) is 2.19. The van der Waals surface area contributed by atoms with E-state index >= 15 is 0 Å². The van der Waals surface area contributed by atoms with Gasteiger partial charge in [-0.25, -0.2) is 10.2 Å². The zero-order valence-corrected chi connectivity index (χ0v) is 14.5. The standard InChI is InChI=1S/C19H23N3O3/c1-14-7-5-10-17(15(14)2)24-11-6-12-25-18-9-4-3-8-16(18)13-21-22-19(20)23/h3-5,7-10,13H,6,11-12H2,1-2H3,(H3,20,22,23)/b21-13-. The summed E-state index contributed by atoms with van der Waals surface area (Å²) in [6, 6.07) is 12.7. The average Bonchev–Trinajstić information content (AvgIpc) is 2.59. The van der Waals surface area contributed by atoms with Crippen molar-refractivity contribution in [2.45, 2.75) is 20.3 Å². The van der Waals surface area contributed by atoms with Gasteiger partial charge in [0, 0.05) is 12.0 Å². The molecule has 0 heterocycles. The van der Waals surface area contributed by atoms with Crippen LogP contribution in [0.15, 0.2) is 47.6 Å². The van der Waals surface area contributed by atoms with Crippen molar-refractivity contribution in [2.75, 3.05) is 13.2 Å². The highest BCUT2D eigenvalue weighted by Crippen LogP contribution is 2.21. The molecular weight excluding hydrogens is 318 g/mol. The molecule has 2 aromatic rings. The van der Waals surface area contributed by atoms with E-state index in [1.165, 1.54) is 11.8 Å². The van der Waals surface area contributed by atoms with Gasteiger partial charge >= 0.3 is 6.03 Å². The van der Waals surface area contributed by atoms with Gasteiger partial charge in [0.15, 0.2) is 0 Å². The Hall–Kier alpha value is -3.02. The van der Waals surface area contributed by atoms with Crippen molar-refractivity contribution in [3.8, 4) is 11.5 Å². The first-order valence-electron chi connectivity index (χ1n) is 8.07. The van der Waals surface area contributed by atoms with E-state index < -0.39 is 6.03 Å². The summed E-state index contributed by atoms with van der Waals surface area (Å²) in [5, 5.41) is 3.75. The second-order valence-corrected chi connectivity index (χ2v) is 5.52. The molecule has 0 spiro atoms. The van der Waals surface area contributed by atoms with Crippen LogP contribution < -0.4 is 20.6 Å². The number of benzene rings is 2. The smallest absolute Gasteiger partial charge is 0.332 e. The number of primary amides is 1. The largest absolute Gasteiger partial charge is 0.493 e. The van der Waals surface area contributed by atoms with Crippen molar-refractivity contribution >= 4 is 12.2 Å². The number of para-hydroxylation sites is 1. The van der Waals surface area contributed by atoms with E-state index in [4.69, 9.17) is 15.2 Å². The molecule has 0 saturated heterocycles. The van der Waals surface area contributed by atoms with Crippen LogP contribution in [0.1, 0.15) is 23.1 Å². The van der Waals surface area contributed by atoms with Crippen LogP contribution in [0.25, 0.3) is 0 Å². The quantitative estimate of drug-likeness (QED) is 0.439. The van der Waals surface area contributed by atoms with Crippen LogP contribution in [0.5, 0.6) is 11.5 Å². The summed E-state index contributed by atoms with van der Waals surface area (Å²) in [5.41, 5.74) is 10.3. The number of nitrogens with two attached hydrogens (primary N) is 1. The summed E-state index contributed by atoms with van der Waals surface area (Å²) in [6.07, 6.45) is 2.24. The summed E-state index contributed by atoms with van der Waals surface area (Å²) in [5.74, 6) is 1.59. The third kappa shape index (κ3) is 5.84. The number of amides is 2. The molecule has 3 N–H and O–H groups in total. The van der Waals surface area contributed by atoms with Gasteiger partial charge in [0.25, 0.3) is 0 Å². The SMILES string of the molecule is Cc1cccc(OCCCOc2ccccc2/C=N\NC(N)=O)c1C. The molecule has 6 nitrogen and oxygen atoms in total. The van der Waals surface area contributed by atoms with Gasteiger partial charge in [-0.1, -0.05) is 24.3 Å². The molecule has 0 aromatic heterocycles. The number of nitrogens with one attached hydrogen (secondary N) is 1. The Morgan fingerprint density at radius 1 is 1.08 bits per heavy atom. The van der Waals surface area contributed by atoms with Gasteiger partial charge in [-0.2, -0.15) is 5.10 Å². The van der Waals surface area contributed by atoms with Crippen molar-refractivity contribution in [1.29, 1.82) is 0 Å². The van der Waals surface area contributed by atoms with E-state index in [2.05, 4.69) is 30.4 Å². The van der Waals surface area contributed by atoms with E-state index in [0.717, 1.165) is 23.3 Å². The van der Waals surface area contributed by atoms with Crippen molar-refractivity contribution in [3.05, 3.63) is 59.2 Å². The van der Waals surface area contributed by atoms with Crippen LogP contribution in [-0.4, -0.2) is 25.5 Å². The molecule has 0 fully saturated rings. The van der Waals surface area contributed by atoms with E-state index in [0.29, 0.717) is 19.0 Å². The number of aryl methyl sites for hydroxylation is 1. The van der Waals surface area contributed by atoms with E-state index in [1.54, 1.807) is 0 Å². The third-order valence-corrected chi connectivity index (χ3v) is 3.66. The Morgan fingerprint density at radius 3 is 2.52 bits per heavy atom. The van der Waals surface area contributed by atoms with Crippen LogP contribution in [0, 0.1) is 13.8 Å². The third-order valence-electron chi connectivity index (χ3n) is 3.66. The second kappa shape index (κ2) is 9.32. The minimum Gasteiger partial charge on any atom is -0.493 e. The number of carbonyl (C=O) groups excluding carboxylic acids is 1. The molecule has 0 aliphatic rings. The lowest BCUT2D eigenvalue weighted by Crippen LogP contribution is -2.24. The van der Waals surface area contributed by atoms with E-state index in [-0.39, 0.29) is 0 Å². The normalized spacial score (nSPS) is 10.6. The number of nitrogens with zero attached hydrogens (tertiary/aromatic N) is 1. The monoisotopic (exact) mass is 341 g/mol. The molecule has 0 bridgehead atoms. The predicted molar refractivity (Wildman–Crippen MR) is 98.3 cm³/mol. The van der Waals surface area contributed by atoms with Crippen molar-refractivity contribution in [3.63, 3.8) is 0 Å². The fraction of sp³-hybridized carbons (Fsp3) is 0.263. The van der Waals surface area contributed by atoms with Gasteiger partial charge in [0.05, 0.1) is 19.4 Å². The maximum Gasteiger partial charge on any atom is 0.332 e. The number of urea groups is 1. The number of hydrogen-bond donors (Lipinski definition) is 2. The average molecular weight is 341 g/mol. The van der Waals surface area contributed by atoms with Crippen molar-refractivity contribution in [1.82, 2.24) is 5.43 Å². The molecular formula is C19H23N3O3. The molecule has 0 aliphatic heterocycles. The Kier molecular flexibility index (Phi) is 6.83. The predicted octanol–water partition coefficient (Wildman–Crippen LogP) is 3.15. The highest BCUT2D eigenvalue weighted by atomic mass is 16.5. The van der Waals surface area contributed by atoms with Crippen LogP contribution in [0.2, 0.25) is 0 Å². The summed E-state index contributed by atoms with van der Waals surface area (Å²) in [6.45, 7) is 5.20.